The highest BCUT2D eigenvalue weighted by Gasteiger charge is 2.22. The molecule has 0 radical (unpaired) electrons. The van der Waals surface area contributed by atoms with Crippen molar-refractivity contribution in [1.82, 2.24) is 20.0 Å². The van der Waals surface area contributed by atoms with Crippen LogP contribution in [0.1, 0.15) is 21.7 Å². The van der Waals surface area contributed by atoms with E-state index in [0.717, 1.165) is 12.1 Å². The number of rotatable bonds is 5. The molecule has 1 aromatic carbocycles. The SMILES string of the molecule is Cc1cc(C(=O)N2CCOCC2)nn1CC(=O)NCc1c(F)cccc1F. The fraction of sp³-hybridized carbons (Fsp3) is 0.389. The first kappa shape index (κ1) is 19.0. The number of halogens is 2. The molecule has 1 aliphatic heterocycles. The van der Waals surface area contributed by atoms with Crippen LogP contribution in [0.15, 0.2) is 24.3 Å². The van der Waals surface area contributed by atoms with Gasteiger partial charge in [-0.25, -0.2) is 8.78 Å². The quantitative estimate of drug-likeness (QED) is 0.850. The van der Waals surface area contributed by atoms with E-state index in [1.54, 1.807) is 17.9 Å². The number of aromatic nitrogens is 2. The van der Waals surface area contributed by atoms with Crippen LogP contribution in [-0.2, 0) is 22.6 Å². The lowest BCUT2D eigenvalue weighted by molar-refractivity contribution is -0.122. The lowest BCUT2D eigenvalue weighted by Crippen LogP contribution is -2.40. The third-order valence-corrected chi connectivity index (χ3v) is 4.32. The number of hydrogen-bond acceptors (Lipinski definition) is 4. The average molecular weight is 378 g/mol. The largest absolute Gasteiger partial charge is 0.378 e. The van der Waals surface area contributed by atoms with Crippen LogP contribution in [0, 0.1) is 18.6 Å². The molecule has 2 heterocycles. The summed E-state index contributed by atoms with van der Waals surface area (Å²) in [6.45, 7) is 3.28. The molecule has 1 fully saturated rings. The first-order valence-electron chi connectivity index (χ1n) is 8.57. The van der Waals surface area contributed by atoms with Crippen molar-refractivity contribution in [3.63, 3.8) is 0 Å². The molecule has 0 spiro atoms. The minimum atomic E-state index is -0.719. The Morgan fingerprint density at radius 2 is 1.89 bits per heavy atom. The minimum Gasteiger partial charge on any atom is -0.378 e. The van der Waals surface area contributed by atoms with Crippen LogP contribution < -0.4 is 5.32 Å². The predicted octanol–water partition coefficient (Wildman–Crippen LogP) is 1.26. The topological polar surface area (TPSA) is 76.5 Å². The van der Waals surface area contributed by atoms with Crippen LogP contribution in [0.4, 0.5) is 8.78 Å². The maximum absolute atomic E-state index is 13.6. The molecule has 0 aliphatic carbocycles. The molecule has 0 atom stereocenters. The summed E-state index contributed by atoms with van der Waals surface area (Å²) < 4.78 is 33.8. The van der Waals surface area contributed by atoms with E-state index in [9.17, 15) is 18.4 Å². The van der Waals surface area contributed by atoms with Gasteiger partial charge in [0.2, 0.25) is 5.91 Å². The number of aryl methyl sites for hydroxylation is 1. The zero-order valence-electron chi connectivity index (χ0n) is 14.9. The van der Waals surface area contributed by atoms with Gasteiger partial charge in [0, 0.05) is 30.9 Å². The number of nitrogens with zero attached hydrogens (tertiary/aromatic N) is 3. The zero-order chi connectivity index (χ0) is 19.4. The number of amides is 2. The average Bonchev–Trinajstić information content (AvgIpc) is 3.02. The Hall–Kier alpha value is -2.81. The van der Waals surface area contributed by atoms with Crippen LogP contribution in [-0.4, -0.2) is 52.8 Å². The number of benzene rings is 1. The van der Waals surface area contributed by atoms with Crippen LogP contribution in [0.3, 0.4) is 0 Å². The van der Waals surface area contributed by atoms with E-state index in [-0.39, 0.29) is 30.3 Å². The van der Waals surface area contributed by atoms with Gasteiger partial charge in [-0.1, -0.05) is 6.07 Å². The van der Waals surface area contributed by atoms with Crippen molar-refractivity contribution in [2.45, 2.75) is 20.0 Å². The first-order chi connectivity index (χ1) is 13.0. The van der Waals surface area contributed by atoms with E-state index in [4.69, 9.17) is 4.74 Å². The molecule has 144 valence electrons. The van der Waals surface area contributed by atoms with Crippen LogP contribution in [0.2, 0.25) is 0 Å². The monoisotopic (exact) mass is 378 g/mol. The molecule has 1 N–H and O–H groups in total. The fourth-order valence-corrected chi connectivity index (χ4v) is 2.78. The van der Waals surface area contributed by atoms with Gasteiger partial charge in [-0.2, -0.15) is 5.10 Å². The smallest absolute Gasteiger partial charge is 0.274 e. The van der Waals surface area contributed by atoms with Crippen molar-refractivity contribution < 1.29 is 23.1 Å². The van der Waals surface area contributed by atoms with Gasteiger partial charge in [0.1, 0.15) is 18.2 Å². The standard InChI is InChI=1S/C18H20F2N4O3/c1-12-9-16(18(26)23-5-7-27-8-6-23)22-24(12)11-17(25)21-10-13-14(19)3-2-4-15(13)20/h2-4,9H,5-8,10-11H2,1H3,(H,21,25). The predicted molar refractivity (Wildman–Crippen MR) is 91.9 cm³/mol. The van der Waals surface area contributed by atoms with Gasteiger partial charge in [0.25, 0.3) is 5.91 Å². The molecule has 0 saturated carbocycles. The Kier molecular flexibility index (Phi) is 5.80. The molecular weight excluding hydrogens is 358 g/mol. The third-order valence-electron chi connectivity index (χ3n) is 4.32. The van der Waals surface area contributed by atoms with E-state index in [0.29, 0.717) is 32.0 Å². The Labute approximate surface area is 154 Å². The second-order valence-corrected chi connectivity index (χ2v) is 6.21. The number of ether oxygens (including phenoxy) is 1. The summed E-state index contributed by atoms with van der Waals surface area (Å²) in [7, 11) is 0. The number of morpholine rings is 1. The van der Waals surface area contributed by atoms with Gasteiger partial charge in [0.05, 0.1) is 13.2 Å². The summed E-state index contributed by atoms with van der Waals surface area (Å²) in [4.78, 5) is 26.2. The van der Waals surface area contributed by atoms with Crippen LogP contribution in [0.5, 0.6) is 0 Å². The summed E-state index contributed by atoms with van der Waals surface area (Å²) in [5.74, 6) is -2.11. The number of carbonyl (C=O) groups is 2. The fourth-order valence-electron chi connectivity index (χ4n) is 2.78. The Bertz CT molecular complexity index is 827. The van der Waals surface area contributed by atoms with Crippen molar-refractivity contribution in [1.29, 1.82) is 0 Å². The van der Waals surface area contributed by atoms with Gasteiger partial charge >= 0.3 is 0 Å². The molecule has 2 amide bonds. The highest BCUT2D eigenvalue weighted by atomic mass is 19.1. The van der Waals surface area contributed by atoms with Gasteiger partial charge < -0.3 is 15.0 Å². The Balaban J connectivity index is 1.61. The first-order valence-corrected chi connectivity index (χ1v) is 8.57. The highest BCUT2D eigenvalue weighted by molar-refractivity contribution is 5.92. The highest BCUT2D eigenvalue weighted by Crippen LogP contribution is 2.12. The van der Waals surface area contributed by atoms with Gasteiger partial charge in [0.15, 0.2) is 5.69 Å². The molecular formula is C18H20F2N4O3. The van der Waals surface area contributed by atoms with Gasteiger partial charge in [-0.3, -0.25) is 14.3 Å². The van der Waals surface area contributed by atoms with Crippen molar-refractivity contribution in [3.05, 3.63) is 52.9 Å². The van der Waals surface area contributed by atoms with E-state index < -0.39 is 17.5 Å². The maximum atomic E-state index is 13.6. The molecule has 3 rings (SSSR count). The van der Waals surface area contributed by atoms with Gasteiger partial charge in [-0.15, -0.1) is 0 Å². The lowest BCUT2D eigenvalue weighted by Gasteiger charge is -2.25. The molecule has 0 bridgehead atoms. The van der Waals surface area contributed by atoms with Crippen molar-refractivity contribution >= 4 is 11.8 Å². The van der Waals surface area contributed by atoms with Crippen molar-refractivity contribution in [2.75, 3.05) is 26.3 Å². The lowest BCUT2D eigenvalue weighted by atomic mass is 10.2. The molecule has 7 nitrogen and oxygen atoms in total. The van der Waals surface area contributed by atoms with E-state index in [2.05, 4.69) is 10.4 Å². The summed E-state index contributed by atoms with van der Waals surface area (Å²) in [6.07, 6.45) is 0. The van der Waals surface area contributed by atoms with E-state index in [1.807, 2.05) is 0 Å². The summed E-state index contributed by atoms with van der Waals surface area (Å²) in [6, 6.07) is 5.13. The number of nitrogens with one attached hydrogen (secondary N) is 1. The molecule has 0 unspecified atom stereocenters. The molecule has 1 saturated heterocycles. The summed E-state index contributed by atoms with van der Waals surface area (Å²) >= 11 is 0. The minimum absolute atomic E-state index is 0.154. The molecule has 2 aromatic rings. The van der Waals surface area contributed by atoms with E-state index >= 15 is 0 Å². The van der Waals surface area contributed by atoms with Crippen LogP contribution in [0.25, 0.3) is 0 Å². The molecule has 1 aromatic heterocycles. The molecule has 9 heteroatoms. The van der Waals surface area contributed by atoms with Crippen molar-refractivity contribution in [2.24, 2.45) is 0 Å². The van der Waals surface area contributed by atoms with Crippen molar-refractivity contribution in [3.8, 4) is 0 Å². The third kappa shape index (κ3) is 4.48. The van der Waals surface area contributed by atoms with E-state index in [1.165, 1.54) is 10.7 Å². The maximum Gasteiger partial charge on any atom is 0.274 e. The zero-order valence-corrected chi connectivity index (χ0v) is 14.9. The Morgan fingerprint density at radius 3 is 2.56 bits per heavy atom. The Morgan fingerprint density at radius 1 is 1.22 bits per heavy atom. The normalized spacial score (nSPS) is 14.3. The summed E-state index contributed by atoms with van der Waals surface area (Å²) in [5.41, 5.74) is 0.687. The van der Waals surface area contributed by atoms with Crippen LogP contribution >= 0.6 is 0 Å². The second-order valence-electron chi connectivity index (χ2n) is 6.21. The van der Waals surface area contributed by atoms with Gasteiger partial charge in [-0.05, 0) is 25.1 Å². The number of carbonyl (C=O) groups excluding carboxylic acids is 2. The molecule has 27 heavy (non-hydrogen) atoms. The second kappa shape index (κ2) is 8.26. The summed E-state index contributed by atoms with van der Waals surface area (Å²) in [5, 5.41) is 6.66. The molecule has 1 aliphatic rings. The number of hydrogen-bond donors (Lipinski definition) is 1.